The van der Waals surface area contributed by atoms with Crippen LogP contribution in [0.5, 0.6) is 11.5 Å². The quantitative estimate of drug-likeness (QED) is 0.554. The number of methoxy groups -OCH3 is 1. The number of nitriles is 1. The Bertz CT molecular complexity index is 452. The molecule has 0 heterocycles. The van der Waals surface area contributed by atoms with Gasteiger partial charge in [-0.1, -0.05) is 22.0 Å². The van der Waals surface area contributed by atoms with E-state index in [1.54, 1.807) is 7.11 Å². The average molecular weight is 326 g/mol. The van der Waals surface area contributed by atoms with Gasteiger partial charge in [0.25, 0.3) is 0 Å². The van der Waals surface area contributed by atoms with E-state index in [1.165, 1.54) is 0 Å². The van der Waals surface area contributed by atoms with Crippen molar-refractivity contribution in [3.05, 3.63) is 23.8 Å². The van der Waals surface area contributed by atoms with Gasteiger partial charge in [0.05, 0.1) is 25.2 Å². The summed E-state index contributed by atoms with van der Waals surface area (Å²) in [4.78, 5) is 0. The zero-order chi connectivity index (χ0) is 14.3. The van der Waals surface area contributed by atoms with E-state index in [0.717, 1.165) is 35.2 Å². The number of hydrogen-bond donors (Lipinski definition) is 0. The molecular weight excluding hydrogens is 306 g/mol. The minimum absolute atomic E-state index is 0.287. The Morgan fingerprint density at radius 3 is 2.63 bits per heavy atom. The molecule has 0 amide bonds. The highest BCUT2D eigenvalue weighted by Crippen LogP contribution is 2.29. The van der Waals surface area contributed by atoms with Crippen molar-refractivity contribution in [2.75, 3.05) is 13.7 Å². The van der Waals surface area contributed by atoms with Gasteiger partial charge < -0.3 is 9.47 Å². The Hall–Kier alpha value is -1.21. The van der Waals surface area contributed by atoms with Crippen molar-refractivity contribution in [2.24, 2.45) is 5.41 Å². The minimum Gasteiger partial charge on any atom is -0.493 e. The van der Waals surface area contributed by atoms with Gasteiger partial charge in [-0.15, -0.1) is 0 Å². The number of nitrogens with zero attached hydrogens (tertiary/aromatic N) is 1. The maximum Gasteiger partial charge on any atom is 0.161 e. The highest BCUT2D eigenvalue weighted by molar-refractivity contribution is 9.08. The van der Waals surface area contributed by atoms with Crippen LogP contribution < -0.4 is 9.47 Å². The lowest BCUT2D eigenvalue weighted by molar-refractivity contribution is 0.269. The van der Waals surface area contributed by atoms with E-state index < -0.39 is 0 Å². The van der Waals surface area contributed by atoms with Crippen LogP contribution in [0.25, 0.3) is 0 Å². The summed E-state index contributed by atoms with van der Waals surface area (Å²) in [7, 11) is 1.63. The normalized spacial score (nSPS) is 10.9. The number of benzene rings is 1. The van der Waals surface area contributed by atoms with Crippen molar-refractivity contribution in [2.45, 2.75) is 32.0 Å². The molecule has 0 spiro atoms. The third-order valence-corrected chi connectivity index (χ3v) is 3.54. The lowest BCUT2D eigenvalue weighted by Crippen LogP contribution is -2.10. The Morgan fingerprint density at radius 2 is 2.05 bits per heavy atom. The molecule has 0 aromatic heterocycles. The van der Waals surface area contributed by atoms with E-state index in [0.29, 0.717) is 6.61 Å². The largest absolute Gasteiger partial charge is 0.493 e. The van der Waals surface area contributed by atoms with E-state index >= 15 is 0 Å². The molecule has 0 aliphatic carbocycles. The minimum atomic E-state index is -0.287. The number of hydrogen-bond acceptors (Lipinski definition) is 3. The molecule has 0 fully saturated rings. The molecule has 0 unspecified atom stereocenters. The number of ether oxygens (including phenoxy) is 2. The summed E-state index contributed by atoms with van der Waals surface area (Å²) < 4.78 is 11.0. The first-order valence-electron chi connectivity index (χ1n) is 6.29. The lowest BCUT2D eigenvalue weighted by Gasteiger charge is -2.16. The molecule has 104 valence electrons. The van der Waals surface area contributed by atoms with E-state index in [1.807, 2.05) is 32.0 Å². The predicted molar refractivity (Wildman–Crippen MR) is 79.7 cm³/mol. The Balaban J connectivity index is 2.55. The van der Waals surface area contributed by atoms with Gasteiger partial charge in [-0.3, -0.25) is 0 Å². The van der Waals surface area contributed by atoms with Crippen LogP contribution in [0, 0.1) is 16.7 Å². The van der Waals surface area contributed by atoms with Crippen molar-refractivity contribution in [1.29, 1.82) is 5.26 Å². The zero-order valence-electron chi connectivity index (χ0n) is 11.7. The lowest BCUT2D eigenvalue weighted by atomic mass is 9.90. The fourth-order valence-corrected chi connectivity index (χ4v) is 2.02. The van der Waals surface area contributed by atoms with Gasteiger partial charge in [-0.05, 0) is 44.4 Å². The predicted octanol–water partition coefficient (Wildman–Crippen LogP) is 4.30. The fourth-order valence-electron chi connectivity index (χ4n) is 1.67. The molecule has 0 saturated carbocycles. The van der Waals surface area contributed by atoms with Crippen LogP contribution in [0.2, 0.25) is 0 Å². The number of rotatable bonds is 7. The molecule has 1 aromatic rings. The van der Waals surface area contributed by atoms with Gasteiger partial charge in [0.15, 0.2) is 11.5 Å². The molecule has 4 heteroatoms. The SMILES string of the molecule is COc1ccc(CBr)cc1OCCCC(C)(C)C#N. The van der Waals surface area contributed by atoms with E-state index in [9.17, 15) is 0 Å². The molecule has 0 aliphatic heterocycles. The number of alkyl halides is 1. The van der Waals surface area contributed by atoms with Crippen LogP contribution in [0.3, 0.4) is 0 Å². The first-order chi connectivity index (χ1) is 9.02. The Morgan fingerprint density at radius 1 is 1.32 bits per heavy atom. The summed E-state index contributed by atoms with van der Waals surface area (Å²) in [5.74, 6) is 1.50. The molecule has 0 saturated heterocycles. The molecular formula is C15H20BrNO2. The van der Waals surface area contributed by atoms with Crippen LogP contribution in [-0.4, -0.2) is 13.7 Å². The molecule has 3 nitrogen and oxygen atoms in total. The summed E-state index contributed by atoms with van der Waals surface area (Å²) in [5, 5.41) is 9.73. The molecule has 1 rings (SSSR count). The molecule has 0 atom stereocenters. The average Bonchev–Trinajstić information content (AvgIpc) is 2.43. The third kappa shape index (κ3) is 5.12. The monoisotopic (exact) mass is 325 g/mol. The van der Waals surface area contributed by atoms with Crippen LogP contribution in [-0.2, 0) is 5.33 Å². The van der Waals surface area contributed by atoms with Crippen molar-refractivity contribution in [1.82, 2.24) is 0 Å². The van der Waals surface area contributed by atoms with Gasteiger partial charge in [0, 0.05) is 5.33 Å². The van der Waals surface area contributed by atoms with Crippen molar-refractivity contribution >= 4 is 15.9 Å². The molecule has 0 bridgehead atoms. The summed E-state index contributed by atoms with van der Waals surface area (Å²) in [6.07, 6.45) is 1.67. The maximum atomic E-state index is 8.94. The molecule has 0 aliphatic rings. The van der Waals surface area contributed by atoms with Gasteiger partial charge >= 0.3 is 0 Å². The van der Waals surface area contributed by atoms with Gasteiger partial charge in [-0.25, -0.2) is 0 Å². The number of halogens is 1. The van der Waals surface area contributed by atoms with Gasteiger partial charge in [0.2, 0.25) is 0 Å². The summed E-state index contributed by atoms with van der Waals surface area (Å²) in [6, 6.07) is 8.18. The van der Waals surface area contributed by atoms with Crippen molar-refractivity contribution < 1.29 is 9.47 Å². The Kier molecular flexibility index (Phi) is 6.17. The third-order valence-electron chi connectivity index (χ3n) is 2.89. The van der Waals surface area contributed by atoms with Crippen LogP contribution in [0.15, 0.2) is 18.2 Å². The van der Waals surface area contributed by atoms with Crippen LogP contribution in [0.4, 0.5) is 0 Å². The molecule has 1 aromatic carbocycles. The summed E-state index contributed by atoms with van der Waals surface area (Å²) in [5.41, 5.74) is 0.860. The first kappa shape index (κ1) is 15.8. The highest BCUT2D eigenvalue weighted by Gasteiger charge is 2.16. The molecule has 19 heavy (non-hydrogen) atoms. The zero-order valence-corrected chi connectivity index (χ0v) is 13.3. The van der Waals surface area contributed by atoms with Gasteiger partial charge in [0.1, 0.15) is 0 Å². The first-order valence-corrected chi connectivity index (χ1v) is 7.41. The second kappa shape index (κ2) is 7.40. The summed E-state index contributed by atoms with van der Waals surface area (Å²) >= 11 is 3.42. The van der Waals surface area contributed by atoms with Crippen LogP contribution >= 0.6 is 15.9 Å². The highest BCUT2D eigenvalue weighted by atomic mass is 79.9. The van der Waals surface area contributed by atoms with Crippen molar-refractivity contribution in [3.8, 4) is 17.6 Å². The van der Waals surface area contributed by atoms with E-state index in [-0.39, 0.29) is 5.41 Å². The second-order valence-electron chi connectivity index (χ2n) is 5.07. The fraction of sp³-hybridized carbons (Fsp3) is 0.533. The van der Waals surface area contributed by atoms with E-state index in [2.05, 4.69) is 22.0 Å². The molecule has 0 N–H and O–H groups in total. The van der Waals surface area contributed by atoms with Crippen molar-refractivity contribution in [3.63, 3.8) is 0 Å². The smallest absolute Gasteiger partial charge is 0.161 e. The second-order valence-corrected chi connectivity index (χ2v) is 5.63. The standard InChI is InChI=1S/C15H20BrNO2/c1-15(2,11-17)7-4-8-19-14-9-12(10-16)5-6-13(14)18-3/h5-6,9H,4,7-8,10H2,1-3H3. The molecule has 0 radical (unpaired) electrons. The van der Waals surface area contributed by atoms with Crippen LogP contribution in [0.1, 0.15) is 32.3 Å². The van der Waals surface area contributed by atoms with Gasteiger partial charge in [-0.2, -0.15) is 5.26 Å². The van der Waals surface area contributed by atoms with E-state index in [4.69, 9.17) is 14.7 Å². The maximum absolute atomic E-state index is 8.94. The summed E-state index contributed by atoms with van der Waals surface area (Å²) in [6.45, 7) is 4.48. The Labute approximate surface area is 123 Å². The topological polar surface area (TPSA) is 42.2 Å².